The van der Waals surface area contributed by atoms with Crippen LogP contribution in [0.5, 0.6) is 0 Å². The molecule has 1 heterocycles. The van der Waals surface area contributed by atoms with Gasteiger partial charge in [-0.25, -0.2) is 0 Å². The van der Waals surface area contributed by atoms with Gasteiger partial charge in [0.2, 0.25) is 0 Å². The van der Waals surface area contributed by atoms with E-state index in [1.165, 1.54) is 12.5 Å². The van der Waals surface area contributed by atoms with Crippen molar-refractivity contribution >= 4 is 16.6 Å². The minimum Gasteiger partial charge on any atom is -0.472 e. The third kappa shape index (κ3) is 1.69. The first-order valence-electron chi connectivity index (χ1n) is 3.61. The maximum Gasteiger partial charge on any atom is 0.0990 e. The molecule has 1 rings (SSSR count). The fourth-order valence-electron chi connectivity index (χ4n) is 0.847. The van der Waals surface area contributed by atoms with Gasteiger partial charge in [0.25, 0.3) is 0 Å². The molecule has 0 saturated carbocycles. The summed E-state index contributed by atoms with van der Waals surface area (Å²) in [5.41, 5.74) is 1.34. The summed E-state index contributed by atoms with van der Waals surface area (Å²) >= 11 is 5.91. The van der Waals surface area contributed by atoms with E-state index in [4.69, 9.17) is 21.3 Å². The van der Waals surface area contributed by atoms with Gasteiger partial charge in [0.05, 0.1) is 23.6 Å². The van der Waals surface area contributed by atoms with Gasteiger partial charge in [0.15, 0.2) is 0 Å². The molecule has 3 heteroatoms. The van der Waals surface area contributed by atoms with Crippen molar-refractivity contribution in [2.45, 2.75) is 13.3 Å². The van der Waals surface area contributed by atoms with Crippen LogP contribution in [0.1, 0.15) is 18.9 Å². The minimum atomic E-state index is 0.480. The SMILES string of the molecule is CC/C(C#N)=C(/Cl)c1ccoc1. The topological polar surface area (TPSA) is 36.9 Å². The zero-order chi connectivity index (χ0) is 8.97. The Kier molecular flexibility index (Phi) is 2.95. The Hall–Kier alpha value is -1.20. The predicted molar refractivity (Wildman–Crippen MR) is 47.4 cm³/mol. The van der Waals surface area contributed by atoms with Crippen LogP contribution in [0.25, 0.3) is 5.03 Å². The van der Waals surface area contributed by atoms with Crippen molar-refractivity contribution in [3.63, 3.8) is 0 Å². The maximum absolute atomic E-state index is 8.67. The summed E-state index contributed by atoms with van der Waals surface area (Å²) in [4.78, 5) is 0. The Labute approximate surface area is 76.1 Å². The van der Waals surface area contributed by atoms with Crippen LogP contribution in [0, 0.1) is 11.3 Å². The van der Waals surface area contributed by atoms with Gasteiger partial charge in [0.1, 0.15) is 0 Å². The van der Waals surface area contributed by atoms with Gasteiger partial charge in [-0.2, -0.15) is 5.26 Å². The molecule has 0 aromatic carbocycles. The summed E-state index contributed by atoms with van der Waals surface area (Å²) in [6, 6.07) is 3.78. The molecule has 0 amide bonds. The van der Waals surface area contributed by atoms with Crippen molar-refractivity contribution < 1.29 is 4.42 Å². The molecule has 1 aromatic rings. The van der Waals surface area contributed by atoms with Crippen LogP contribution >= 0.6 is 11.6 Å². The van der Waals surface area contributed by atoms with E-state index in [9.17, 15) is 0 Å². The first-order valence-corrected chi connectivity index (χ1v) is 3.98. The molecule has 0 aliphatic rings. The number of nitriles is 1. The lowest BCUT2D eigenvalue weighted by molar-refractivity contribution is 0.566. The Morgan fingerprint density at radius 2 is 2.50 bits per heavy atom. The lowest BCUT2D eigenvalue weighted by Gasteiger charge is -1.95. The highest BCUT2D eigenvalue weighted by atomic mass is 35.5. The highest BCUT2D eigenvalue weighted by molar-refractivity contribution is 6.49. The Bertz CT molecular complexity index is 319. The van der Waals surface area contributed by atoms with E-state index in [-0.39, 0.29) is 0 Å². The van der Waals surface area contributed by atoms with Crippen molar-refractivity contribution in [2.24, 2.45) is 0 Å². The van der Waals surface area contributed by atoms with E-state index in [0.29, 0.717) is 17.0 Å². The number of halogens is 1. The number of furan rings is 1. The van der Waals surface area contributed by atoms with E-state index >= 15 is 0 Å². The van der Waals surface area contributed by atoms with Crippen LogP contribution in [-0.4, -0.2) is 0 Å². The summed E-state index contributed by atoms with van der Waals surface area (Å²) < 4.78 is 4.85. The van der Waals surface area contributed by atoms with Crippen LogP contribution in [0.2, 0.25) is 0 Å². The highest BCUT2D eigenvalue weighted by Crippen LogP contribution is 2.24. The Balaban J connectivity index is 3.05. The molecule has 0 fully saturated rings. The Morgan fingerprint density at radius 3 is 2.92 bits per heavy atom. The average molecular weight is 182 g/mol. The van der Waals surface area contributed by atoms with E-state index < -0.39 is 0 Å². The van der Waals surface area contributed by atoms with Gasteiger partial charge in [-0.05, 0) is 12.5 Å². The van der Waals surface area contributed by atoms with Gasteiger partial charge >= 0.3 is 0 Å². The Morgan fingerprint density at radius 1 is 1.75 bits per heavy atom. The molecule has 0 aliphatic carbocycles. The number of rotatable bonds is 2. The molecular weight excluding hydrogens is 174 g/mol. The molecule has 0 atom stereocenters. The summed E-state index contributed by atoms with van der Waals surface area (Å²) in [6.45, 7) is 1.89. The number of allylic oxidation sites excluding steroid dienone is 1. The van der Waals surface area contributed by atoms with E-state index in [0.717, 1.165) is 5.56 Å². The standard InChI is InChI=1S/C9H8ClNO/c1-2-7(5-11)9(10)8-3-4-12-6-8/h3-4,6H,2H2,1H3/b9-7-. The first-order chi connectivity index (χ1) is 5.79. The third-order valence-corrected chi connectivity index (χ3v) is 1.97. The van der Waals surface area contributed by atoms with Gasteiger partial charge in [-0.1, -0.05) is 18.5 Å². The quantitative estimate of drug-likeness (QED) is 0.658. The van der Waals surface area contributed by atoms with Crippen molar-refractivity contribution in [2.75, 3.05) is 0 Å². The first kappa shape index (κ1) is 8.89. The number of nitrogens with zero attached hydrogens (tertiary/aromatic N) is 1. The van der Waals surface area contributed by atoms with Crippen LogP contribution in [0.4, 0.5) is 0 Å². The minimum absolute atomic E-state index is 0.480. The van der Waals surface area contributed by atoms with Crippen LogP contribution in [0.3, 0.4) is 0 Å². The average Bonchev–Trinajstić information content (AvgIpc) is 2.58. The highest BCUT2D eigenvalue weighted by Gasteiger charge is 2.05. The van der Waals surface area contributed by atoms with Gasteiger partial charge < -0.3 is 4.42 Å². The molecular formula is C9H8ClNO. The molecule has 62 valence electrons. The monoisotopic (exact) mass is 181 g/mol. The summed E-state index contributed by atoms with van der Waals surface area (Å²) in [6.07, 6.45) is 3.69. The second kappa shape index (κ2) is 3.99. The largest absolute Gasteiger partial charge is 0.472 e. The molecule has 1 aromatic heterocycles. The normalized spacial score (nSPS) is 12.1. The van der Waals surface area contributed by atoms with Crippen LogP contribution in [-0.2, 0) is 0 Å². The number of hydrogen-bond donors (Lipinski definition) is 0. The maximum atomic E-state index is 8.67. The van der Waals surface area contributed by atoms with Gasteiger partial charge in [-0.3, -0.25) is 0 Å². The second-order valence-corrected chi connectivity index (χ2v) is 2.65. The zero-order valence-corrected chi connectivity index (χ0v) is 7.43. The summed E-state index contributed by atoms with van der Waals surface area (Å²) in [7, 11) is 0. The van der Waals surface area contributed by atoms with E-state index in [2.05, 4.69) is 0 Å². The van der Waals surface area contributed by atoms with Gasteiger partial charge in [0, 0.05) is 11.1 Å². The molecule has 0 bridgehead atoms. The number of hydrogen-bond acceptors (Lipinski definition) is 2. The molecule has 0 radical (unpaired) electrons. The molecule has 0 saturated heterocycles. The van der Waals surface area contributed by atoms with Gasteiger partial charge in [-0.15, -0.1) is 0 Å². The predicted octanol–water partition coefficient (Wildman–Crippen LogP) is 3.16. The molecule has 2 nitrogen and oxygen atoms in total. The van der Waals surface area contributed by atoms with E-state index in [1.807, 2.05) is 13.0 Å². The fraction of sp³-hybridized carbons (Fsp3) is 0.222. The van der Waals surface area contributed by atoms with Crippen LogP contribution < -0.4 is 0 Å². The molecule has 12 heavy (non-hydrogen) atoms. The van der Waals surface area contributed by atoms with Crippen LogP contribution in [0.15, 0.2) is 28.6 Å². The summed E-state index contributed by atoms with van der Waals surface area (Å²) in [5, 5.41) is 9.15. The van der Waals surface area contributed by atoms with Crippen molar-refractivity contribution in [1.82, 2.24) is 0 Å². The van der Waals surface area contributed by atoms with Crippen molar-refractivity contribution in [3.05, 3.63) is 29.7 Å². The van der Waals surface area contributed by atoms with Crippen molar-refractivity contribution in [3.8, 4) is 6.07 Å². The summed E-state index contributed by atoms with van der Waals surface area (Å²) in [5.74, 6) is 0. The third-order valence-electron chi connectivity index (χ3n) is 1.53. The lowest BCUT2D eigenvalue weighted by Crippen LogP contribution is -1.80. The second-order valence-electron chi connectivity index (χ2n) is 2.27. The van der Waals surface area contributed by atoms with E-state index in [1.54, 1.807) is 6.07 Å². The molecule has 0 aliphatic heterocycles. The molecule has 0 unspecified atom stereocenters. The molecule has 0 N–H and O–H groups in total. The lowest BCUT2D eigenvalue weighted by atomic mass is 10.1. The molecule has 0 spiro atoms. The fourth-order valence-corrected chi connectivity index (χ4v) is 1.13. The zero-order valence-electron chi connectivity index (χ0n) is 6.67. The smallest absolute Gasteiger partial charge is 0.0990 e. The van der Waals surface area contributed by atoms with Crippen molar-refractivity contribution in [1.29, 1.82) is 5.26 Å².